The van der Waals surface area contributed by atoms with Crippen LogP contribution in [0.3, 0.4) is 0 Å². The first-order valence-electron chi connectivity index (χ1n) is 12.7. The van der Waals surface area contributed by atoms with Crippen molar-refractivity contribution in [2.45, 2.75) is 32.4 Å². The van der Waals surface area contributed by atoms with E-state index in [1.165, 1.54) is 58.2 Å². The molecule has 1 aliphatic rings. The molecular formula is C30H25F2N5O3. The lowest BCUT2D eigenvalue weighted by Crippen LogP contribution is -2.47. The summed E-state index contributed by atoms with van der Waals surface area (Å²) in [7, 11) is 0. The van der Waals surface area contributed by atoms with Gasteiger partial charge in [0.15, 0.2) is 0 Å². The number of nitriles is 1. The zero-order valence-electron chi connectivity index (χ0n) is 21.8. The molecular weight excluding hydrogens is 516 g/mol. The molecule has 202 valence electrons. The zero-order chi connectivity index (χ0) is 28.4. The predicted molar refractivity (Wildman–Crippen MR) is 145 cm³/mol. The minimum atomic E-state index is -3.20. The van der Waals surface area contributed by atoms with Gasteiger partial charge in [0.1, 0.15) is 17.5 Å². The summed E-state index contributed by atoms with van der Waals surface area (Å²) in [6.07, 6.45) is 1.32. The van der Waals surface area contributed by atoms with Crippen molar-refractivity contribution in [2.24, 2.45) is 0 Å². The smallest absolute Gasteiger partial charge is 0.298 e. The molecule has 1 unspecified atom stereocenters. The van der Waals surface area contributed by atoms with Crippen LogP contribution < -0.4 is 15.0 Å². The maximum Gasteiger partial charge on any atom is 0.298 e. The number of hydrogen-bond donors (Lipinski definition) is 1. The van der Waals surface area contributed by atoms with E-state index in [1.54, 1.807) is 37.3 Å². The summed E-state index contributed by atoms with van der Waals surface area (Å²) in [6, 6.07) is 19.5. The van der Waals surface area contributed by atoms with Gasteiger partial charge in [-0.3, -0.25) is 14.3 Å². The maximum absolute atomic E-state index is 15.0. The summed E-state index contributed by atoms with van der Waals surface area (Å²) >= 11 is 0. The highest BCUT2D eigenvalue weighted by Crippen LogP contribution is 2.37. The quantitative estimate of drug-likeness (QED) is 0.329. The van der Waals surface area contributed by atoms with E-state index < -0.39 is 17.7 Å². The van der Waals surface area contributed by atoms with E-state index in [0.29, 0.717) is 30.3 Å². The van der Waals surface area contributed by atoms with E-state index in [4.69, 9.17) is 4.74 Å². The number of anilines is 2. The average molecular weight is 542 g/mol. The van der Waals surface area contributed by atoms with E-state index in [9.17, 15) is 14.9 Å². The fraction of sp³-hybridized carbons (Fsp3) is 0.200. The average Bonchev–Trinajstić information content (AvgIpc) is 3.39. The van der Waals surface area contributed by atoms with Crippen LogP contribution in [0, 0.1) is 11.3 Å². The van der Waals surface area contributed by atoms with Gasteiger partial charge in [-0.2, -0.15) is 19.1 Å². The van der Waals surface area contributed by atoms with Gasteiger partial charge >= 0.3 is 0 Å². The Bertz CT molecular complexity index is 1610. The molecule has 0 saturated carbocycles. The second-order valence-corrected chi connectivity index (χ2v) is 9.31. The highest BCUT2D eigenvalue weighted by molar-refractivity contribution is 6.15. The minimum Gasteiger partial charge on any atom is -0.492 e. The van der Waals surface area contributed by atoms with Crippen molar-refractivity contribution in [3.8, 4) is 11.8 Å². The number of rotatable bonds is 7. The maximum atomic E-state index is 15.0. The Balaban J connectivity index is 1.40. The summed E-state index contributed by atoms with van der Waals surface area (Å²) < 4.78 is 37.0. The fourth-order valence-electron chi connectivity index (χ4n) is 4.75. The van der Waals surface area contributed by atoms with Crippen LogP contribution in [-0.4, -0.2) is 34.2 Å². The van der Waals surface area contributed by atoms with Crippen molar-refractivity contribution < 1.29 is 23.1 Å². The third-order valence-electron chi connectivity index (χ3n) is 6.69. The Morgan fingerprint density at radius 3 is 2.50 bits per heavy atom. The van der Waals surface area contributed by atoms with Crippen molar-refractivity contribution in [1.82, 2.24) is 9.78 Å². The number of carbonyl (C=O) groups excluding carboxylic acids is 2. The standard InChI is InChI=1S/C30H25F2N5O3/c1-3-40-26-14-11-23(15-20(26)16-33)35-28(38)25-17-34-36-18-19(2)37(29(39)27(25)36)24-12-9-22(10-13-24)30(31,32)21-7-5-4-6-8-21/h4-15,17,19H,3,18H2,1-2H3,(H,35,38). The van der Waals surface area contributed by atoms with E-state index in [1.807, 2.05) is 13.0 Å². The Labute approximate surface area is 229 Å². The lowest BCUT2D eigenvalue weighted by molar-refractivity contribution is 0.0428. The molecule has 1 N–H and O–H groups in total. The van der Waals surface area contributed by atoms with E-state index in [0.717, 1.165) is 0 Å². The minimum absolute atomic E-state index is 0.0570. The van der Waals surface area contributed by atoms with Crippen LogP contribution in [0.15, 0.2) is 79.0 Å². The number of nitrogens with zero attached hydrogens (tertiary/aromatic N) is 4. The van der Waals surface area contributed by atoms with Crippen LogP contribution in [0.2, 0.25) is 0 Å². The van der Waals surface area contributed by atoms with Gasteiger partial charge in [0.25, 0.3) is 17.7 Å². The first kappa shape index (κ1) is 26.6. The second-order valence-electron chi connectivity index (χ2n) is 9.31. The molecule has 8 nitrogen and oxygen atoms in total. The van der Waals surface area contributed by atoms with Gasteiger partial charge in [0.2, 0.25) is 0 Å². The number of halogens is 2. The normalized spacial score (nSPS) is 14.8. The topological polar surface area (TPSA) is 100 Å². The molecule has 5 rings (SSSR count). The summed E-state index contributed by atoms with van der Waals surface area (Å²) in [4.78, 5) is 28.3. The van der Waals surface area contributed by atoms with Gasteiger partial charge in [0.05, 0.1) is 36.5 Å². The molecule has 1 aliphatic heterocycles. The number of amides is 2. The summed E-state index contributed by atoms with van der Waals surface area (Å²) in [5, 5.41) is 16.4. The number of aromatic nitrogens is 2. The molecule has 0 spiro atoms. The highest BCUT2D eigenvalue weighted by Gasteiger charge is 2.37. The van der Waals surface area contributed by atoms with E-state index in [-0.39, 0.29) is 34.0 Å². The molecule has 2 heterocycles. The Hall–Kier alpha value is -5.04. The Morgan fingerprint density at radius 2 is 1.82 bits per heavy atom. The molecule has 0 saturated heterocycles. The van der Waals surface area contributed by atoms with Crippen molar-refractivity contribution in [3.63, 3.8) is 0 Å². The SMILES string of the molecule is CCOc1ccc(NC(=O)c2cnn3c2C(=O)N(c2ccc(C(F)(F)c4ccccc4)cc2)C(C)C3)cc1C#N. The van der Waals surface area contributed by atoms with E-state index in [2.05, 4.69) is 10.4 Å². The highest BCUT2D eigenvalue weighted by atomic mass is 19.3. The van der Waals surface area contributed by atoms with Crippen LogP contribution in [0.25, 0.3) is 0 Å². The molecule has 0 bridgehead atoms. The first-order valence-corrected chi connectivity index (χ1v) is 12.7. The number of benzene rings is 3. The van der Waals surface area contributed by atoms with Crippen LogP contribution in [0.4, 0.5) is 20.2 Å². The third kappa shape index (κ3) is 4.78. The summed E-state index contributed by atoms with van der Waals surface area (Å²) in [5.41, 5.74) is 0.856. The first-order chi connectivity index (χ1) is 19.2. The summed E-state index contributed by atoms with van der Waals surface area (Å²) in [6.45, 7) is 4.31. The number of nitrogens with one attached hydrogen (secondary N) is 1. The number of fused-ring (bicyclic) bond motifs is 1. The largest absolute Gasteiger partial charge is 0.492 e. The fourth-order valence-corrected chi connectivity index (χ4v) is 4.75. The molecule has 40 heavy (non-hydrogen) atoms. The number of ether oxygens (including phenoxy) is 1. The zero-order valence-corrected chi connectivity index (χ0v) is 21.8. The van der Waals surface area contributed by atoms with Gasteiger partial charge in [-0.25, -0.2) is 0 Å². The van der Waals surface area contributed by atoms with Gasteiger partial charge < -0.3 is 15.0 Å². The molecule has 4 aromatic rings. The number of carbonyl (C=O) groups is 2. The van der Waals surface area contributed by atoms with Crippen LogP contribution in [0.1, 0.15) is 51.4 Å². The molecule has 10 heteroatoms. The van der Waals surface area contributed by atoms with Crippen LogP contribution >= 0.6 is 0 Å². The van der Waals surface area contributed by atoms with Gasteiger partial charge in [0, 0.05) is 22.5 Å². The van der Waals surface area contributed by atoms with Gasteiger partial charge in [-0.15, -0.1) is 0 Å². The van der Waals surface area contributed by atoms with Crippen molar-refractivity contribution in [1.29, 1.82) is 5.26 Å². The lowest BCUT2D eigenvalue weighted by atomic mass is 9.99. The molecule has 3 aromatic carbocycles. The third-order valence-corrected chi connectivity index (χ3v) is 6.69. The van der Waals surface area contributed by atoms with Crippen LogP contribution in [-0.2, 0) is 12.5 Å². The van der Waals surface area contributed by atoms with Crippen molar-refractivity contribution >= 4 is 23.2 Å². The summed E-state index contributed by atoms with van der Waals surface area (Å²) in [5.74, 6) is -3.85. The van der Waals surface area contributed by atoms with E-state index >= 15 is 8.78 Å². The van der Waals surface area contributed by atoms with Gasteiger partial charge in [-0.1, -0.05) is 42.5 Å². The molecule has 0 aliphatic carbocycles. The number of hydrogen-bond acceptors (Lipinski definition) is 5. The van der Waals surface area contributed by atoms with Crippen molar-refractivity contribution in [3.05, 3.63) is 107 Å². The predicted octanol–water partition coefficient (Wildman–Crippen LogP) is 5.59. The number of alkyl halides is 2. The van der Waals surface area contributed by atoms with Crippen LogP contribution in [0.5, 0.6) is 5.75 Å². The molecule has 1 aromatic heterocycles. The lowest BCUT2D eigenvalue weighted by Gasteiger charge is -2.34. The molecule has 1 atom stereocenters. The molecule has 0 fully saturated rings. The van der Waals surface area contributed by atoms with Crippen molar-refractivity contribution in [2.75, 3.05) is 16.8 Å². The van der Waals surface area contributed by atoms with Gasteiger partial charge in [-0.05, 0) is 44.2 Å². The Morgan fingerprint density at radius 1 is 1.12 bits per heavy atom. The monoisotopic (exact) mass is 541 g/mol. The molecule has 2 amide bonds. The second kappa shape index (κ2) is 10.6. The Kier molecular flexibility index (Phi) is 7.05. The molecule has 0 radical (unpaired) electrons.